The van der Waals surface area contributed by atoms with Crippen molar-refractivity contribution in [2.45, 2.75) is 6.92 Å². The molecule has 3 aromatic rings. The Labute approximate surface area is 158 Å². The molecule has 0 fully saturated rings. The highest BCUT2D eigenvalue weighted by atomic mass is 35.5. The van der Waals surface area contributed by atoms with Crippen LogP contribution >= 0.6 is 46.8 Å². The number of thiocarbonyl (C=S) groups is 1. The van der Waals surface area contributed by atoms with Crippen LogP contribution in [0.1, 0.15) is 15.2 Å². The van der Waals surface area contributed by atoms with Crippen molar-refractivity contribution in [3.05, 3.63) is 63.0 Å². The number of anilines is 1. The van der Waals surface area contributed by atoms with Gasteiger partial charge >= 0.3 is 0 Å². The molecule has 0 aliphatic heterocycles. The second-order valence-corrected chi connectivity index (χ2v) is 7.38. The minimum absolute atomic E-state index is 0.193. The molecule has 0 aliphatic rings. The van der Waals surface area contributed by atoms with Crippen LogP contribution < -0.4 is 10.6 Å². The fourth-order valence-electron chi connectivity index (χ4n) is 2.20. The number of rotatable bonds is 2. The van der Waals surface area contributed by atoms with Crippen molar-refractivity contribution >= 4 is 73.5 Å². The number of hydrogen-bond acceptors (Lipinski definition) is 3. The highest BCUT2D eigenvalue weighted by Crippen LogP contribution is 2.35. The zero-order chi connectivity index (χ0) is 17.3. The highest BCUT2D eigenvalue weighted by Gasteiger charge is 2.18. The van der Waals surface area contributed by atoms with Crippen molar-refractivity contribution in [2.75, 3.05) is 5.32 Å². The Kier molecular flexibility index (Phi) is 5.06. The molecule has 1 heterocycles. The average molecular weight is 395 g/mol. The van der Waals surface area contributed by atoms with E-state index in [0.717, 1.165) is 21.3 Å². The number of thiophene rings is 1. The van der Waals surface area contributed by atoms with Crippen LogP contribution in [0.25, 0.3) is 10.1 Å². The van der Waals surface area contributed by atoms with Crippen LogP contribution in [0.2, 0.25) is 10.0 Å². The molecule has 122 valence electrons. The Hall–Kier alpha value is -1.66. The number of halogens is 2. The van der Waals surface area contributed by atoms with Crippen LogP contribution in [-0.4, -0.2) is 11.0 Å². The number of benzene rings is 2. The number of carbonyl (C=O) groups is 1. The third-order valence-electron chi connectivity index (χ3n) is 3.42. The average Bonchev–Trinajstić information content (AvgIpc) is 2.88. The molecule has 7 heteroatoms. The van der Waals surface area contributed by atoms with Gasteiger partial charge in [-0.1, -0.05) is 47.5 Å². The van der Waals surface area contributed by atoms with Crippen LogP contribution in [0.5, 0.6) is 0 Å². The quantitative estimate of drug-likeness (QED) is 0.552. The lowest BCUT2D eigenvalue weighted by atomic mass is 10.2. The molecule has 0 bridgehead atoms. The summed E-state index contributed by atoms with van der Waals surface area (Å²) in [5.41, 5.74) is 1.71. The Morgan fingerprint density at radius 2 is 1.92 bits per heavy atom. The summed E-state index contributed by atoms with van der Waals surface area (Å²) in [6.45, 7) is 1.92. The topological polar surface area (TPSA) is 41.1 Å². The molecule has 1 aromatic heterocycles. The van der Waals surface area contributed by atoms with E-state index >= 15 is 0 Å². The first-order chi connectivity index (χ1) is 11.5. The third-order valence-corrected chi connectivity index (χ3v) is 5.53. The van der Waals surface area contributed by atoms with Gasteiger partial charge in [0.2, 0.25) is 0 Å². The van der Waals surface area contributed by atoms with Gasteiger partial charge in [0.05, 0.1) is 5.02 Å². The van der Waals surface area contributed by atoms with Crippen molar-refractivity contribution in [2.24, 2.45) is 0 Å². The second-order valence-electron chi connectivity index (χ2n) is 5.11. The summed E-state index contributed by atoms with van der Waals surface area (Å²) in [7, 11) is 0. The van der Waals surface area contributed by atoms with Crippen molar-refractivity contribution in [3.63, 3.8) is 0 Å². The summed E-state index contributed by atoms with van der Waals surface area (Å²) in [6.07, 6.45) is 0. The minimum atomic E-state index is -0.335. The lowest BCUT2D eigenvalue weighted by molar-refractivity contribution is 0.0982. The number of aryl methyl sites for hydroxylation is 1. The van der Waals surface area contributed by atoms with Crippen LogP contribution in [-0.2, 0) is 0 Å². The normalized spacial score (nSPS) is 10.6. The molecule has 2 N–H and O–H groups in total. The Morgan fingerprint density at radius 3 is 2.67 bits per heavy atom. The first-order valence-electron chi connectivity index (χ1n) is 7.01. The fraction of sp³-hybridized carbons (Fsp3) is 0.0588. The van der Waals surface area contributed by atoms with Gasteiger partial charge in [0.15, 0.2) is 5.11 Å². The van der Waals surface area contributed by atoms with Crippen LogP contribution in [0, 0.1) is 6.92 Å². The van der Waals surface area contributed by atoms with E-state index in [1.165, 1.54) is 11.3 Å². The number of fused-ring (bicyclic) bond motifs is 1. The van der Waals surface area contributed by atoms with Gasteiger partial charge in [-0.15, -0.1) is 11.3 Å². The molecular formula is C17H12Cl2N2OS2. The zero-order valence-electron chi connectivity index (χ0n) is 12.5. The van der Waals surface area contributed by atoms with E-state index in [4.69, 9.17) is 35.4 Å². The molecule has 0 saturated heterocycles. The van der Waals surface area contributed by atoms with Gasteiger partial charge in [0.1, 0.15) is 4.88 Å². The van der Waals surface area contributed by atoms with Gasteiger partial charge in [0.25, 0.3) is 5.91 Å². The standard InChI is InChI=1S/C17H12Cl2N2OS2/c1-9-6-7-10(18)8-12(9)20-17(23)21-16(22)15-14(19)11-4-2-3-5-13(11)24-15/h2-8H,1H3,(H2,20,21,22,23). The van der Waals surface area contributed by atoms with Crippen molar-refractivity contribution in [3.8, 4) is 0 Å². The molecular weight excluding hydrogens is 383 g/mol. The summed E-state index contributed by atoms with van der Waals surface area (Å²) in [6, 6.07) is 13.0. The van der Waals surface area contributed by atoms with Gasteiger partial charge in [-0.25, -0.2) is 0 Å². The molecule has 3 nitrogen and oxygen atoms in total. The molecule has 0 radical (unpaired) electrons. The van der Waals surface area contributed by atoms with Gasteiger partial charge in [0, 0.05) is 20.8 Å². The van der Waals surface area contributed by atoms with Gasteiger partial charge in [-0.05, 0) is 42.9 Å². The Morgan fingerprint density at radius 1 is 1.17 bits per heavy atom. The molecule has 24 heavy (non-hydrogen) atoms. The first-order valence-corrected chi connectivity index (χ1v) is 8.99. The Bertz CT molecular complexity index is 953. The SMILES string of the molecule is Cc1ccc(Cl)cc1NC(=S)NC(=O)c1sc2ccccc2c1Cl. The Balaban J connectivity index is 1.77. The number of carbonyl (C=O) groups excluding carboxylic acids is 1. The van der Waals surface area contributed by atoms with E-state index in [1.807, 2.05) is 37.3 Å². The van der Waals surface area contributed by atoms with E-state index in [9.17, 15) is 4.79 Å². The van der Waals surface area contributed by atoms with Crippen LogP contribution in [0.3, 0.4) is 0 Å². The molecule has 0 atom stereocenters. The van der Waals surface area contributed by atoms with Gasteiger partial charge in [-0.3, -0.25) is 10.1 Å². The summed E-state index contributed by atoms with van der Waals surface area (Å²) in [5, 5.41) is 7.72. The van der Waals surface area contributed by atoms with E-state index in [2.05, 4.69) is 10.6 Å². The number of amides is 1. The van der Waals surface area contributed by atoms with Crippen LogP contribution in [0.15, 0.2) is 42.5 Å². The maximum absolute atomic E-state index is 12.4. The lowest BCUT2D eigenvalue weighted by Gasteiger charge is -2.11. The molecule has 0 unspecified atom stereocenters. The summed E-state index contributed by atoms with van der Waals surface area (Å²) < 4.78 is 0.956. The monoisotopic (exact) mass is 394 g/mol. The van der Waals surface area contributed by atoms with Crippen molar-refractivity contribution in [1.82, 2.24) is 5.32 Å². The molecule has 0 aliphatic carbocycles. The highest BCUT2D eigenvalue weighted by molar-refractivity contribution is 7.80. The first kappa shape index (κ1) is 17.2. The van der Waals surface area contributed by atoms with Gasteiger partial charge in [-0.2, -0.15) is 0 Å². The predicted octanol–water partition coefficient (Wildman–Crippen LogP) is 5.64. The maximum atomic E-state index is 12.4. The second kappa shape index (κ2) is 7.07. The summed E-state index contributed by atoms with van der Waals surface area (Å²) >= 11 is 18.8. The fourth-order valence-corrected chi connectivity index (χ4v) is 3.99. The molecule has 2 aromatic carbocycles. The summed E-state index contributed by atoms with van der Waals surface area (Å²) in [4.78, 5) is 12.9. The molecule has 3 rings (SSSR count). The third kappa shape index (κ3) is 3.54. The lowest BCUT2D eigenvalue weighted by Crippen LogP contribution is -2.34. The number of nitrogens with one attached hydrogen (secondary N) is 2. The van der Waals surface area contributed by atoms with Gasteiger partial charge < -0.3 is 5.32 Å². The zero-order valence-corrected chi connectivity index (χ0v) is 15.7. The molecule has 0 saturated carbocycles. The molecule has 1 amide bonds. The van der Waals surface area contributed by atoms with Crippen LogP contribution in [0.4, 0.5) is 5.69 Å². The molecule has 0 spiro atoms. The van der Waals surface area contributed by atoms with Crippen molar-refractivity contribution in [1.29, 1.82) is 0 Å². The minimum Gasteiger partial charge on any atom is -0.332 e. The van der Waals surface area contributed by atoms with E-state index in [0.29, 0.717) is 14.9 Å². The number of hydrogen-bond donors (Lipinski definition) is 2. The van der Waals surface area contributed by atoms with E-state index < -0.39 is 0 Å². The van der Waals surface area contributed by atoms with E-state index in [-0.39, 0.29) is 11.0 Å². The van der Waals surface area contributed by atoms with E-state index in [1.54, 1.807) is 12.1 Å². The largest absolute Gasteiger partial charge is 0.332 e. The maximum Gasteiger partial charge on any atom is 0.269 e. The van der Waals surface area contributed by atoms with Crippen molar-refractivity contribution < 1.29 is 4.79 Å². The smallest absolute Gasteiger partial charge is 0.269 e. The predicted molar refractivity (Wildman–Crippen MR) is 107 cm³/mol. The summed E-state index contributed by atoms with van der Waals surface area (Å²) in [5.74, 6) is -0.335.